The highest BCUT2D eigenvalue weighted by Crippen LogP contribution is 2.47. The Kier molecular flexibility index (Phi) is 6.11. The number of aliphatic carboxylic acids is 1. The van der Waals surface area contributed by atoms with Crippen LogP contribution in [0.25, 0.3) is 16.0 Å². The van der Waals surface area contributed by atoms with Gasteiger partial charge in [0.2, 0.25) is 0 Å². The van der Waals surface area contributed by atoms with Crippen LogP contribution in [0.2, 0.25) is 0 Å². The Bertz CT molecular complexity index is 1380. The Morgan fingerprint density at radius 2 is 1.77 bits per heavy atom. The lowest BCUT2D eigenvalue weighted by atomic mass is 9.85. The SMILES string of the molecule is [C-]#[N+]c1cc(C)c(-c2c(C)cc(C)c3c2CCC3Oc2ccc3c(c2)SC[C@H]3CC(=O)O)c(C)c1. The molecule has 1 heterocycles. The Morgan fingerprint density at radius 1 is 1.06 bits per heavy atom. The molecule has 0 aromatic heterocycles. The minimum atomic E-state index is -0.748. The predicted molar refractivity (Wildman–Crippen MR) is 141 cm³/mol. The first kappa shape index (κ1) is 23.5. The van der Waals surface area contributed by atoms with Gasteiger partial charge in [-0.05, 0) is 91.6 Å². The summed E-state index contributed by atoms with van der Waals surface area (Å²) in [5.74, 6) is 0.981. The maximum Gasteiger partial charge on any atom is 0.303 e. The van der Waals surface area contributed by atoms with Gasteiger partial charge in [0.05, 0.1) is 13.0 Å². The second-order valence-electron chi connectivity index (χ2n) is 9.79. The van der Waals surface area contributed by atoms with Gasteiger partial charge in [-0.2, -0.15) is 0 Å². The summed E-state index contributed by atoms with van der Waals surface area (Å²) in [7, 11) is 0. The molecule has 0 saturated heterocycles. The van der Waals surface area contributed by atoms with Crippen LogP contribution in [0.15, 0.2) is 41.3 Å². The van der Waals surface area contributed by atoms with Crippen LogP contribution >= 0.6 is 11.8 Å². The number of ether oxygens (including phenoxy) is 1. The zero-order valence-electron chi connectivity index (χ0n) is 20.6. The van der Waals surface area contributed by atoms with Crippen molar-refractivity contribution in [2.45, 2.75) is 63.9 Å². The summed E-state index contributed by atoms with van der Waals surface area (Å²) in [6.45, 7) is 16.0. The second kappa shape index (κ2) is 9.09. The van der Waals surface area contributed by atoms with Crippen molar-refractivity contribution >= 4 is 23.4 Å². The molecule has 3 aromatic carbocycles. The van der Waals surface area contributed by atoms with E-state index in [4.69, 9.17) is 11.3 Å². The van der Waals surface area contributed by atoms with E-state index in [0.29, 0.717) is 5.69 Å². The molecule has 0 saturated carbocycles. The Hall–Kier alpha value is -3.23. The molecule has 4 nitrogen and oxygen atoms in total. The molecule has 0 spiro atoms. The molecular formula is C30H29NO3S. The number of fused-ring (bicyclic) bond motifs is 2. The molecule has 0 fully saturated rings. The van der Waals surface area contributed by atoms with Crippen LogP contribution in [0.3, 0.4) is 0 Å². The minimum Gasteiger partial charge on any atom is -0.486 e. The third-order valence-electron chi connectivity index (χ3n) is 7.32. The summed E-state index contributed by atoms with van der Waals surface area (Å²) in [4.78, 5) is 16.0. The van der Waals surface area contributed by atoms with Crippen molar-refractivity contribution in [2.24, 2.45) is 0 Å². The van der Waals surface area contributed by atoms with E-state index < -0.39 is 5.97 Å². The number of hydrogen-bond donors (Lipinski definition) is 1. The number of nitrogens with zero attached hydrogens (tertiary/aromatic N) is 1. The molecule has 0 bridgehead atoms. The van der Waals surface area contributed by atoms with Gasteiger partial charge in [-0.1, -0.05) is 35.4 Å². The second-order valence-corrected chi connectivity index (χ2v) is 10.9. The number of carboxylic acids is 1. The molecule has 5 heteroatoms. The van der Waals surface area contributed by atoms with Crippen LogP contribution in [-0.4, -0.2) is 16.8 Å². The van der Waals surface area contributed by atoms with Crippen molar-refractivity contribution in [3.05, 3.63) is 86.8 Å². The highest BCUT2D eigenvalue weighted by molar-refractivity contribution is 7.99. The fourth-order valence-electron chi connectivity index (χ4n) is 5.95. The van der Waals surface area contributed by atoms with E-state index in [2.05, 4.69) is 44.7 Å². The van der Waals surface area contributed by atoms with Crippen molar-refractivity contribution in [1.82, 2.24) is 0 Å². The van der Waals surface area contributed by atoms with E-state index in [1.54, 1.807) is 11.8 Å². The molecule has 0 amide bonds. The number of thioether (sulfide) groups is 1. The van der Waals surface area contributed by atoms with Gasteiger partial charge >= 0.3 is 5.97 Å². The first-order chi connectivity index (χ1) is 16.8. The minimum absolute atomic E-state index is 0.00764. The molecule has 178 valence electrons. The van der Waals surface area contributed by atoms with E-state index in [1.807, 2.05) is 24.3 Å². The van der Waals surface area contributed by atoms with Crippen molar-refractivity contribution < 1.29 is 14.6 Å². The highest BCUT2D eigenvalue weighted by atomic mass is 32.2. The van der Waals surface area contributed by atoms with E-state index in [1.165, 1.54) is 33.4 Å². The van der Waals surface area contributed by atoms with Crippen LogP contribution in [-0.2, 0) is 11.2 Å². The summed E-state index contributed by atoms with van der Waals surface area (Å²) in [6.07, 6.45) is 2.05. The van der Waals surface area contributed by atoms with E-state index in [-0.39, 0.29) is 18.4 Å². The van der Waals surface area contributed by atoms with Crippen LogP contribution in [0, 0.1) is 34.3 Å². The average molecular weight is 484 g/mol. The number of rotatable bonds is 5. The monoisotopic (exact) mass is 483 g/mol. The molecule has 5 rings (SSSR count). The average Bonchev–Trinajstić information content (AvgIpc) is 3.39. The third kappa shape index (κ3) is 4.21. The molecule has 2 aliphatic rings. The number of aryl methyl sites for hydroxylation is 4. The van der Waals surface area contributed by atoms with Crippen LogP contribution in [0.5, 0.6) is 5.75 Å². The molecular weight excluding hydrogens is 454 g/mol. The van der Waals surface area contributed by atoms with Gasteiger partial charge in [-0.3, -0.25) is 4.79 Å². The fraction of sp³-hybridized carbons (Fsp3) is 0.333. The number of benzene rings is 3. The van der Waals surface area contributed by atoms with Crippen molar-refractivity contribution in [2.75, 3.05) is 5.75 Å². The first-order valence-electron chi connectivity index (χ1n) is 12.0. The quantitative estimate of drug-likeness (QED) is 0.375. The van der Waals surface area contributed by atoms with E-state index >= 15 is 0 Å². The van der Waals surface area contributed by atoms with Crippen molar-refractivity contribution in [3.8, 4) is 16.9 Å². The van der Waals surface area contributed by atoms with Gasteiger partial charge in [-0.25, -0.2) is 4.85 Å². The number of carboxylic acid groups (broad SMARTS) is 1. The van der Waals surface area contributed by atoms with Crippen LogP contribution < -0.4 is 4.74 Å². The molecule has 1 aliphatic carbocycles. The maximum absolute atomic E-state index is 11.2. The van der Waals surface area contributed by atoms with Crippen molar-refractivity contribution in [1.29, 1.82) is 0 Å². The standard InChI is InChI=1S/C30H29NO3S/c1-16-10-17(2)30(28-18(3)11-21(31-5)12-19(28)4)24-8-9-25(29(16)24)34-22-6-7-23-20(13-27(32)33)15-35-26(23)14-22/h6-7,10-12,14,20,25H,8-9,13,15H2,1-4H3,(H,32,33)/t20-,25?/m1/s1. The molecule has 1 unspecified atom stereocenters. The number of carbonyl (C=O) groups is 1. The molecule has 35 heavy (non-hydrogen) atoms. The normalized spacial score (nSPS) is 18.1. The Balaban J connectivity index is 1.50. The molecule has 3 aromatic rings. The van der Waals surface area contributed by atoms with Gasteiger partial charge in [0.15, 0.2) is 5.69 Å². The zero-order chi connectivity index (χ0) is 24.9. The van der Waals surface area contributed by atoms with Crippen LogP contribution in [0.1, 0.15) is 63.8 Å². The third-order valence-corrected chi connectivity index (χ3v) is 8.55. The van der Waals surface area contributed by atoms with Crippen LogP contribution in [0.4, 0.5) is 5.69 Å². The molecule has 0 radical (unpaired) electrons. The zero-order valence-corrected chi connectivity index (χ0v) is 21.4. The van der Waals surface area contributed by atoms with Crippen molar-refractivity contribution in [3.63, 3.8) is 0 Å². The Labute approximate surface area is 211 Å². The van der Waals surface area contributed by atoms with Gasteiger partial charge in [-0.15, -0.1) is 11.8 Å². The van der Waals surface area contributed by atoms with Gasteiger partial charge in [0, 0.05) is 16.6 Å². The highest BCUT2D eigenvalue weighted by Gasteiger charge is 2.31. The smallest absolute Gasteiger partial charge is 0.303 e. The van der Waals surface area contributed by atoms with E-state index in [9.17, 15) is 9.90 Å². The number of hydrogen-bond acceptors (Lipinski definition) is 3. The summed E-state index contributed by atoms with van der Waals surface area (Å²) in [5.41, 5.74) is 11.8. The first-order valence-corrected chi connectivity index (χ1v) is 13.0. The molecule has 2 atom stereocenters. The van der Waals surface area contributed by atoms with Gasteiger partial charge in [0.1, 0.15) is 11.9 Å². The lowest BCUT2D eigenvalue weighted by Crippen LogP contribution is -2.07. The van der Waals surface area contributed by atoms with Gasteiger partial charge in [0.25, 0.3) is 0 Å². The Morgan fingerprint density at radius 3 is 2.46 bits per heavy atom. The fourth-order valence-corrected chi connectivity index (χ4v) is 7.23. The maximum atomic E-state index is 11.2. The van der Waals surface area contributed by atoms with Gasteiger partial charge < -0.3 is 9.84 Å². The molecule has 1 N–H and O–H groups in total. The topological polar surface area (TPSA) is 50.9 Å². The molecule has 1 aliphatic heterocycles. The summed E-state index contributed by atoms with van der Waals surface area (Å²) < 4.78 is 6.58. The van der Waals surface area contributed by atoms with E-state index in [0.717, 1.165) is 45.9 Å². The largest absolute Gasteiger partial charge is 0.486 e. The lowest BCUT2D eigenvalue weighted by Gasteiger charge is -2.22. The lowest BCUT2D eigenvalue weighted by molar-refractivity contribution is -0.137. The summed E-state index contributed by atoms with van der Waals surface area (Å²) >= 11 is 1.72. The predicted octanol–water partition coefficient (Wildman–Crippen LogP) is 7.87. The summed E-state index contributed by atoms with van der Waals surface area (Å²) in [5, 5.41) is 9.20. The summed E-state index contributed by atoms with van der Waals surface area (Å²) in [6, 6.07) is 12.4.